The SMILES string of the molecule is COC(=O)Nc1ccc(CNC(=O)CCBr)cc1. The van der Waals surface area contributed by atoms with Crippen LogP contribution in [-0.2, 0) is 16.1 Å². The lowest BCUT2D eigenvalue weighted by Crippen LogP contribution is -2.22. The average molecular weight is 315 g/mol. The number of hydrogen-bond donors (Lipinski definition) is 2. The molecule has 0 aliphatic heterocycles. The zero-order chi connectivity index (χ0) is 13.4. The maximum atomic E-state index is 11.3. The second-order valence-electron chi connectivity index (χ2n) is 3.53. The van der Waals surface area contributed by atoms with Crippen molar-refractivity contribution < 1.29 is 14.3 Å². The van der Waals surface area contributed by atoms with Gasteiger partial charge in [0.25, 0.3) is 0 Å². The highest BCUT2D eigenvalue weighted by atomic mass is 79.9. The van der Waals surface area contributed by atoms with E-state index in [9.17, 15) is 9.59 Å². The second kappa shape index (κ2) is 7.71. The lowest BCUT2D eigenvalue weighted by Gasteiger charge is -2.06. The fraction of sp³-hybridized carbons (Fsp3) is 0.333. The van der Waals surface area contributed by atoms with E-state index in [4.69, 9.17) is 0 Å². The number of ether oxygens (including phenoxy) is 1. The molecular formula is C12H15BrN2O3. The summed E-state index contributed by atoms with van der Waals surface area (Å²) in [5, 5.41) is 5.99. The minimum atomic E-state index is -0.506. The fourth-order valence-corrected chi connectivity index (χ4v) is 1.61. The van der Waals surface area contributed by atoms with Crippen LogP contribution in [0.3, 0.4) is 0 Å². The number of benzene rings is 1. The Kier molecular flexibility index (Phi) is 6.21. The van der Waals surface area contributed by atoms with E-state index in [1.54, 1.807) is 12.1 Å². The molecule has 0 spiro atoms. The standard InChI is InChI=1S/C12H15BrN2O3/c1-18-12(17)15-10-4-2-9(3-5-10)8-14-11(16)6-7-13/h2-5H,6-8H2,1H3,(H,14,16)(H,15,17). The van der Waals surface area contributed by atoms with E-state index in [0.29, 0.717) is 24.0 Å². The monoisotopic (exact) mass is 314 g/mol. The van der Waals surface area contributed by atoms with Crippen LogP contribution in [0.2, 0.25) is 0 Å². The molecule has 0 aliphatic carbocycles. The van der Waals surface area contributed by atoms with Crippen LogP contribution < -0.4 is 10.6 Å². The van der Waals surface area contributed by atoms with E-state index in [-0.39, 0.29) is 5.91 Å². The third-order valence-electron chi connectivity index (χ3n) is 2.20. The van der Waals surface area contributed by atoms with Crippen molar-refractivity contribution in [3.05, 3.63) is 29.8 Å². The average Bonchev–Trinajstić information content (AvgIpc) is 2.38. The lowest BCUT2D eigenvalue weighted by atomic mass is 10.2. The van der Waals surface area contributed by atoms with Gasteiger partial charge in [0, 0.05) is 24.0 Å². The molecule has 0 radical (unpaired) electrons. The number of carbonyl (C=O) groups excluding carboxylic acids is 2. The number of anilines is 1. The number of methoxy groups -OCH3 is 1. The molecule has 5 nitrogen and oxygen atoms in total. The summed E-state index contributed by atoms with van der Waals surface area (Å²) >= 11 is 3.20. The quantitative estimate of drug-likeness (QED) is 0.819. The first-order valence-corrected chi connectivity index (χ1v) is 6.54. The number of amides is 2. The molecule has 0 atom stereocenters. The fourth-order valence-electron chi connectivity index (χ4n) is 1.25. The normalized spacial score (nSPS) is 9.67. The third kappa shape index (κ3) is 5.18. The Bertz CT molecular complexity index is 406. The number of alkyl halides is 1. The van der Waals surface area contributed by atoms with Gasteiger partial charge in [-0.25, -0.2) is 4.79 Å². The predicted molar refractivity (Wildman–Crippen MR) is 72.7 cm³/mol. The van der Waals surface area contributed by atoms with Crippen LogP contribution >= 0.6 is 15.9 Å². The van der Waals surface area contributed by atoms with E-state index in [0.717, 1.165) is 5.56 Å². The van der Waals surface area contributed by atoms with E-state index in [2.05, 4.69) is 31.3 Å². The number of nitrogens with one attached hydrogen (secondary N) is 2. The largest absolute Gasteiger partial charge is 0.453 e. The summed E-state index contributed by atoms with van der Waals surface area (Å²) in [6, 6.07) is 7.17. The van der Waals surface area contributed by atoms with Crippen molar-refractivity contribution in [3.8, 4) is 0 Å². The molecule has 6 heteroatoms. The summed E-state index contributed by atoms with van der Waals surface area (Å²) in [5.74, 6) is 0.00337. The van der Waals surface area contributed by atoms with Crippen molar-refractivity contribution >= 4 is 33.6 Å². The van der Waals surface area contributed by atoms with Gasteiger partial charge in [0.2, 0.25) is 5.91 Å². The smallest absolute Gasteiger partial charge is 0.411 e. The van der Waals surface area contributed by atoms with Crippen molar-refractivity contribution in [2.45, 2.75) is 13.0 Å². The van der Waals surface area contributed by atoms with Crippen LogP contribution in [0.15, 0.2) is 24.3 Å². The van der Waals surface area contributed by atoms with Crippen LogP contribution in [0, 0.1) is 0 Å². The molecule has 0 saturated carbocycles. The Morgan fingerprint density at radius 1 is 1.28 bits per heavy atom. The van der Waals surface area contributed by atoms with E-state index < -0.39 is 6.09 Å². The second-order valence-corrected chi connectivity index (χ2v) is 4.32. The molecule has 1 aromatic carbocycles. The Morgan fingerprint density at radius 3 is 2.50 bits per heavy atom. The zero-order valence-electron chi connectivity index (χ0n) is 10.0. The number of carbonyl (C=O) groups is 2. The van der Waals surface area contributed by atoms with Gasteiger partial charge in [0.1, 0.15) is 0 Å². The molecule has 0 saturated heterocycles. The van der Waals surface area contributed by atoms with Crippen LogP contribution in [-0.4, -0.2) is 24.4 Å². The van der Waals surface area contributed by atoms with Crippen molar-refractivity contribution in [2.75, 3.05) is 17.8 Å². The molecule has 0 unspecified atom stereocenters. The van der Waals surface area contributed by atoms with Crippen molar-refractivity contribution in [3.63, 3.8) is 0 Å². The van der Waals surface area contributed by atoms with Gasteiger partial charge in [-0.15, -0.1) is 0 Å². The number of hydrogen-bond acceptors (Lipinski definition) is 3. The van der Waals surface area contributed by atoms with Gasteiger partial charge in [0.15, 0.2) is 0 Å². The van der Waals surface area contributed by atoms with E-state index in [1.165, 1.54) is 7.11 Å². The minimum absolute atomic E-state index is 0.00337. The molecule has 2 amide bonds. The van der Waals surface area contributed by atoms with Gasteiger partial charge in [-0.2, -0.15) is 0 Å². The van der Waals surface area contributed by atoms with E-state index >= 15 is 0 Å². The molecule has 0 fully saturated rings. The Hall–Kier alpha value is -1.56. The Balaban J connectivity index is 2.45. The molecule has 0 bridgehead atoms. The van der Waals surface area contributed by atoms with Gasteiger partial charge >= 0.3 is 6.09 Å². The molecule has 98 valence electrons. The summed E-state index contributed by atoms with van der Waals surface area (Å²) in [7, 11) is 1.31. The molecule has 0 aromatic heterocycles. The summed E-state index contributed by atoms with van der Waals surface area (Å²) in [6.07, 6.45) is -0.0458. The first-order chi connectivity index (χ1) is 8.65. The predicted octanol–water partition coefficient (Wildman–Crippen LogP) is 2.27. The summed E-state index contributed by atoms with van der Waals surface area (Å²) in [5.41, 5.74) is 1.62. The molecule has 2 N–H and O–H groups in total. The van der Waals surface area contributed by atoms with Crippen LogP contribution in [0.4, 0.5) is 10.5 Å². The zero-order valence-corrected chi connectivity index (χ0v) is 11.6. The Morgan fingerprint density at radius 2 is 1.94 bits per heavy atom. The highest BCUT2D eigenvalue weighted by Gasteiger charge is 2.02. The van der Waals surface area contributed by atoms with E-state index in [1.807, 2.05) is 12.1 Å². The van der Waals surface area contributed by atoms with Crippen LogP contribution in [0.25, 0.3) is 0 Å². The van der Waals surface area contributed by atoms with Crippen LogP contribution in [0.1, 0.15) is 12.0 Å². The molecule has 1 rings (SSSR count). The third-order valence-corrected chi connectivity index (χ3v) is 2.59. The van der Waals surface area contributed by atoms with Crippen LogP contribution in [0.5, 0.6) is 0 Å². The molecule has 0 aliphatic rings. The molecule has 0 heterocycles. The topological polar surface area (TPSA) is 67.4 Å². The maximum absolute atomic E-state index is 11.3. The van der Waals surface area contributed by atoms with Crippen molar-refractivity contribution in [1.82, 2.24) is 5.32 Å². The number of halogens is 1. The Labute approximate surface area is 114 Å². The van der Waals surface area contributed by atoms with Gasteiger partial charge in [0.05, 0.1) is 7.11 Å². The van der Waals surface area contributed by atoms with Gasteiger partial charge in [-0.3, -0.25) is 10.1 Å². The van der Waals surface area contributed by atoms with Crippen molar-refractivity contribution in [1.29, 1.82) is 0 Å². The highest BCUT2D eigenvalue weighted by Crippen LogP contribution is 2.09. The summed E-state index contributed by atoms with van der Waals surface area (Å²) in [4.78, 5) is 22.2. The number of rotatable bonds is 5. The van der Waals surface area contributed by atoms with Gasteiger partial charge in [-0.1, -0.05) is 28.1 Å². The maximum Gasteiger partial charge on any atom is 0.411 e. The summed E-state index contributed by atoms with van der Waals surface area (Å²) in [6.45, 7) is 0.477. The molecule has 1 aromatic rings. The molecule has 18 heavy (non-hydrogen) atoms. The summed E-state index contributed by atoms with van der Waals surface area (Å²) < 4.78 is 4.48. The lowest BCUT2D eigenvalue weighted by molar-refractivity contribution is -0.120. The minimum Gasteiger partial charge on any atom is -0.453 e. The highest BCUT2D eigenvalue weighted by molar-refractivity contribution is 9.09. The first-order valence-electron chi connectivity index (χ1n) is 5.42. The van der Waals surface area contributed by atoms with Gasteiger partial charge in [-0.05, 0) is 17.7 Å². The molecular weight excluding hydrogens is 300 g/mol. The van der Waals surface area contributed by atoms with Gasteiger partial charge < -0.3 is 10.1 Å². The van der Waals surface area contributed by atoms with Crippen molar-refractivity contribution in [2.24, 2.45) is 0 Å². The first kappa shape index (κ1) is 14.5.